The molecule has 1 amide bonds. The van der Waals surface area contributed by atoms with Gasteiger partial charge in [0.15, 0.2) is 5.82 Å². The van der Waals surface area contributed by atoms with E-state index in [1.165, 1.54) is 11.3 Å². The Morgan fingerprint density at radius 1 is 1.08 bits per heavy atom. The van der Waals surface area contributed by atoms with Crippen LogP contribution < -0.4 is 15.3 Å². The Morgan fingerprint density at radius 3 is 2.36 bits per heavy atom. The lowest BCUT2D eigenvalue weighted by atomic mass is 9.81. The van der Waals surface area contributed by atoms with Crippen molar-refractivity contribution in [1.29, 1.82) is 0 Å². The van der Waals surface area contributed by atoms with E-state index >= 15 is 0 Å². The summed E-state index contributed by atoms with van der Waals surface area (Å²) < 4.78 is 0. The van der Waals surface area contributed by atoms with Gasteiger partial charge in [-0.05, 0) is 84.1 Å². The quantitative estimate of drug-likeness (QED) is 0.334. The van der Waals surface area contributed by atoms with E-state index in [4.69, 9.17) is 0 Å². The number of carboxylic acids is 1. The highest BCUT2D eigenvalue weighted by Gasteiger charge is 2.37. The van der Waals surface area contributed by atoms with E-state index < -0.39 is 5.97 Å². The summed E-state index contributed by atoms with van der Waals surface area (Å²) in [6.45, 7) is 8.33. The number of aromatic nitrogens is 2. The molecule has 2 heterocycles. The van der Waals surface area contributed by atoms with Crippen molar-refractivity contribution in [3.8, 4) is 11.8 Å². The van der Waals surface area contributed by atoms with Crippen LogP contribution in [-0.2, 0) is 4.79 Å². The second-order valence-electron chi connectivity index (χ2n) is 12.1. The number of hydrogen-bond acceptors (Lipinski definition) is 7. The monoisotopic (exact) mass is 551 g/mol. The Labute approximate surface area is 236 Å². The zero-order chi connectivity index (χ0) is 28.2. The Balaban J connectivity index is 1.58. The van der Waals surface area contributed by atoms with Crippen LogP contribution in [0.25, 0.3) is 0 Å². The van der Waals surface area contributed by atoms with Crippen molar-refractivity contribution in [2.45, 2.75) is 91.1 Å². The standard InChI is InChI=1S/C30H41N5O3S/c1-20-6-8-21(9-7-20)28(36)35(25-18-24(14-15-30(2,3)4)39-27(25)29(37)38)23-12-10-22(11-13-23)33-34(5)26-19-31-16-17-32-26/h16-23,33H,6-13H2,1-5H3,(H,37,38)/t20-,21-,22?,23?. The molecule has 0 atom stereocenters. The minimum Gasteiger partial charge on any atom is -0.477 e. The first kappa shape index (κ1) is 29.0. The van der Waals surface area contributed by atoms with Crippen LogP contribution in [-0.4, -0.2) is 46.1 Å². The van der Waals surface area contributed by atoms with Crippen LogP contribution in [0.1, 0.15) is 93.6 Å². The molecule has 0 aromatic carbocycles. The van der Waals surface area contributed by atoms with Crippen molar-refractivity contribution < 1.29 is 14.7 Å². The van der Waals surface area contributed by atoms with Crippen molar-refractivity contribution in [2.75, 3.05) is 17.0 Å². The molecule has 4 rings (SSSR count). The molecule has 0 spiro atoms. The molecule has 0 saturated heterocycles. The smallest absolute Gasteiger partial charge is 0.348 e. The van der Waals surface area contributed by atoms with Crippen molar-refractivity contribution >= 4 is 34.7 Å². The van der Waals surface area contributed by atoms with Gasteiger partial charge >= 0.3 is 5.97 Å². The Bertz CT molecular complexity index is 1200. The SMILES string of the molecule is CN(NC1CCC(N(c2cc(C#CC(C)(C)C)sc2C(=O)O)C(=O)[C@H]2CC[C@H](C)CC2)CC1)c1cnccn1. The lowest BCUT2D eigenvalue weighted by Gasteiger charge is -2.40. The molecule has 0 radical (unpaired) electrons. The summed E-state index contributed by atoms with van der Waals surface area (Å²) >= 11 is 1.17. The van der Waals surface area contributed by atoms with Gasteiger partial charge in [0.25, 0.3) is 0 Å². The van der Waals surface area contributed by atoms with E-state index in [9.17, 15) is 14.7 Å². The maximum atomic E-state index is 14.1. The highest BCUT2D eigenvalue weighted by molar-refractivity contribution is 7.15. The molecule has 210 valence electrons. The zero-order valence-electron chi connectivity index (χ0n) is 23.7. The molecule has 2 aromatic rings. The zero-order valence-corrected chi connectivity index (χ0v) is 24.6. The first-order chi connectivity index (χ1) is 18.5. The predicted molar refractivity (Wildman–Crippen MR) is 156 cm³/mol. The third-order valence-corrected chi connectivity index (χ3v) is 8.69. The summed E-state index contributed by atoms with van der Waals surface area (Å²) in [5, 5.41) is 12.0. The number of carboxylic acid groups (broad SMARTS) is 1. The Kier molecular flexibility index (Phi) is 9.29. The largest absolute Gasteiger partial charge is 0.477 e. The topological polar surface area (TPSA) is 98.7 Å². The van der Waals surface area contributed by atoms with Gasteiger partial charge < -0.3 is 10.0 Å². The van der Waals surface area contributed by atoms with Gasteiger partial charge in [0, 0.05) is 42.9 Å². The number of carbonyl (C=O) groups is 2. The van der Waals surface area contributed by atoms with E-state index in [2.05, 4.69) is 34.2 Å². The van der Waals surface area contributed by atoms with Gasteiger partial charge in [-0.25, -0.2) is 15.2 Å². The molecule has 0 aliphatic heterocycles. The van der Waals surface area contributed by atoms with Crippen molar-refractivity contribution in [3.05, 3.63) is 34.4 Å². The number of hydrogen-bond donors (Lipinski definition) is 2. The van der Waals surface area contributed by atoms with Crippen molar-refractivity contribution in [3.63, 3.8) is 0 Å². The molecule has 2 aliphatic rings. The van der Waals surface area contributed by atoms with E-state index in [0.717, 1.165) is 57.2 Å². The van der Waals surface area contributed by atoms with Gasteiger partial charge in [-0.2, -0.15) is 0 Å². The van der Waals surface area contributed by atoms with Gasteiger partial charge in [0.2, 0.25) is 5.91 Å². The number of amides is 1. The molecule has 0 unspecified atom stereocenters. The highest BCUT2D eigenvalue weighted by Crippen LogP contribution is 2.39. The molecule has 2 N–H and O–H groups in total. The number of carbonyl (C=O) groups excluding carboxylic acids is 1. The summed E-state index contributed by atoms with van der Waals surface area (Å²) in [6.07, 6.45) is 12.1. The fourth-order valence-corrected chi connectivity index (χ4v) is 6.33. The second-order valence-corrected chi connectivity index (χ2v) is 13.1. The summed E-state index contributed by atoms with van der Waals surface area (Å²) in [4.78, 5) is 37.7. The molecule has 2 fully saturated rings. The molecule has 2 saturated carbocycles. The Morgan fingerprint density at radius 2 is 1.77 bits per heavy atom. The van der Waals surface area contributed by atoms with Gasteiger partial charge in [-0.1, -0.05) is 18.8 Å². The van der Waals surface area contributed by atoms with Crippen LogP contribution in [0.15, 0.2) is 24.7 Å². The van der Waals surface area contributed by atoms with E-state index in [0.29, 0.717) is 16.5 Å². The normalized spacial score (nSPS) is 23.4. The van der Waals surface area contributed by atoms with Crippen LogP contribution >= 0.6 is 11.3 Å². The molecule has 9 heteroatoms. The van der Waals surface area contributed by atoms with Crippen LogP contribution in [0.4, 0.5) is 11.5 Å². The number of nitrogens with one attached hydrogen (secondary N) is 1. The van der Waals surface area contributed by atoms with E-state index in [1.807, 2.05) is 43.8 Å². The first-order valence-corrected chi connectivity index (χ1v) is 14.8. The van der Waals surface area contributed by atoms with E-state index in [-0.39, 0.29) is 34.2 Å². The van der Waals surface area contributed by atoms with Crippen LogP contribution in [0.3, 0.4) is 0 Å². The average Bonchev–Trinajstić information content (AvgIpc) is 3.33. The van der Waals surface area contributed by atoms with E-state index in [1.54, 1.807) is 18.6 Å². The summed E-state index contributed by atoms with van der Waals surface area (Å²) in [6, 6.07) is 2.02. The van der Waals surface area contributed by atoms with Gasteiger partial charge in [0.05, 0.1) is 16.8 Å². The maximum Gasteiger partial charge on any atom is 0.348 e. The van der Waals surface area contributed by atoms with Gasteiger partial charge in [-0.15, -0.1) is 11.3 Å². The van der Waals surface area contributed by atoms with Crippen molar-refractivity contribution in [1.82, 2.24) is 15.4 Å². The lowest BCUT2D eigenvalue weighted by Crippen LogP contribution is -2.50. The highest BCUT2D eigenvalue weighted by atomic mass is 32.1. The van der Waals surface area contributed by atoms with Crippen molar-refractivity contribution in [2.24, 2.45) is 17.3 Å². The van der Waals surface area contributed by atoms with Crippen LogP contribution in [0, 0.1) is 29.1 Å². The average molecular weight is 552 g/mol. The first-order valence-electron chi connectivity index (χ1n) is 14.0. The number of nitrogens with zero attached hydrogens (tertiary/aromatic N) is 4. The number of thiophene rings is 1. The van der Waals surface area contributed by atoms with Gasteiger partial charge in [-0.3, -0.25) is 14.8 Å². The summed E-state index contributed by atoms with van der Waals surface area (Å²) in [7, 11) is 1.93. The molecule has 2 aromatic heterocycles. The molecule has 8 nitrogen and oxygen atoms in total. The van der Waals surface area contributed by atoms with Crippen LogP contribution in [0.5, 0.6) is 0 Å². The number of rotatable bonds is 7. The minimum atomic E-state index is -1.00. The van der Waals surface area contributed by atoms with Gasteiger partial charge in [0.1, 0.15) is 4.88 Å². The molecule has 0 bridgehead atoms. The molecule has 39 heavy (non-hydrogen) atoms. The van der Waals surface area contributed by atoms with Crippen LogP contribution in [0.2, 0.25) is 0 Å². The molecule has 2 aliphatic carbocycles. The third-order valence-electron chi connectivity index (χ3n) is 7.66. The summed E-state index contributed by atoms with van der Waals surface area (Å²) in [5.41, 5.74) is 3.83. The minimum absolute atomic E-state index is 0.0483. The second kappa shape index (κ2) is 12.5. The third kappa shape index (κ3) is 7.58. The lowest BCUT2D eigenvalue weighted by molar-refractivity contribution is -0.124. The fraction of sp³-hybridized carbons (Fsp3) is 0.600. The maximum absolute atomic E-state index is 14.1. The summed E-state index contributed by atoms with van der Waals surface area (Å²) in [5.74, 6) is 6.76. The number of anilines is 2. The molecular formula is C30H41N5O3S. The predicted octanol–water partition coefficient (Wildman–Crippen LogP) is 5.75. The number of aromatic carboxylic acids is 1. The molecular weight excluding hydrogens is 510 g/mol. The Hall–Kier alpha value is -2.96. The number of hydrazine groups is 1. The fourth-order valence-electron chi connectivity index (χ4n) is 5.49.